The van der Waals surface area contributed by atoms with Crippen molar-refractivity contribution >= 4 is 57.8 Å². The van der Waals surface area contributed by atoms with Crippen molar-refractivity contribution in [1.82, 2.24) is 0 Å². The largest absolute Gasteiger partial charge is 0.452 e. The van der Waals surface area contributed by atoms with Crippen molar-refractivity contribution < 1.29 is 66.3 Å². The zero-order valence-corrected chi connectivity index (χ0v) is 22.8. The maximum atomic E-state index is 12.4. The van der Waals surface area contributed by atoms with E-state index in [-0.39, 0.29) is 62.7 Å². The zero-order valence-electron chi connectivity index (χ0n) is 22.8. The van der Waals surface area contributed by atoms with Gasteiger partial charge in [0.05, 0.1) is 17.4 Å². The fourth-order valence-electron chi connectivity index (χ4n) is 4.85. The summed E-state index contributed by atoms with van der Waals surface area (Å²) in [4.78, 5) is 72.5. The minimum atomic E-state index is -1.70. The smallest absolute Gasteiger partial charge is 0.331 e. The SMILES string of the molecule is CC(=O)Oc1cc2oc3c(OC(C)=O)c4c(c(OC(C)=O)c3c2cc1OC(C)=O)OC(OC(C)=O)CC41C=CC(=O)O1. The first kappa shape index (κ1) is 28.1. The van der Waals surface area contributed by atoms with E-state index >= 15 is 0 Å². The molecule has 0 aliphatic carbocycles. The monoisotopic (exact) mass is 582 g/mol. The Morgan fingerprint density at radius 2 is 1.40 bits per heavy atom. The highest BCUT2D eigenvalue weighted by atomic mass is 16.7. The van der Waals surface area contributed by atoms with Crippen molar-refractivity contribution in [1.29, 1.82) is 0 Å². The number of ether oxygens (including phenoxy) is 7. The van der Waals surface area contributed by atoms with Crippen LogP contribution in [0.3, 0.4) is 0 Å². The van der Waals surface area contributed by atoms with Gasteiger partial charge in [0.2, 0.25) is 6.29 Å². The maximum absolute atomic E-state index is 12.4. The van der Waals surface area contributed by atoms with Crippen LogP contribution in [0.25, 0.3) is 21.9 Å². The molecule has 0 bridgehead atoms. The zero-order chi connectivity index (χ0) is 30.5. The molecule has 0 saturated heterocycles. The van der Waals surface area contributed by atoms with Crippen LogP contribution in [0.15, 0.2) is 28.7 Å². The van der Waals surface area contributed by atoms with Crippen LogP contribution in [0.1, 0.15) is 46.6 Å². The molecule has 218 valence electrons. The van der Waals surface area contributed by atoms with E-state index in [9.17, 15) is 28.8 Å². The van der Waals surface area contributed by atoms with Gasteiger partial charge in [-0.25, -0.2) is 4.79 Å². The molecule has 3 heterocycles. The first-order chi connectivity index (χ1) is 19.8. The normalized spacial score (nSPS) is 18.7. The quantitative estimate of drug-likeness (QED) is 0.316. The Kier molecular flexibility index (Phi) is 6.84. The lowest BCUT2D eigenvalue weighted by Crippen LogP contribution is -2.41. The van der Waals surface area contributed by atoms with Crippen molar-refractivity contribution in [2.75, 3.05) is 0 Å². The molecule has 2 atom stereocenters. The molecular weight excluding hydrogens is 560 g/mol. The summed E-state index contributed by atoms with van der Waals surface area (Å²) in [6.45, 7) is 5.64. The van der Waals surface area contributed by atoms with Gasteiger partial charge >= 0.3 is 35.8 Å². The van der Waals surface area contributed by atoms with Crippen molar-refractivity contribution in [3.63, 3.8) is 0 Å². The van der Waals surface area contributed by atoms with Gasteiger partial charge in [-0.15, -0.1) is 0 Å². The maximum Gasteiger partial charge on any atom is 0.331 e. The van der Waals surface area contributed by atoms with Crippen LogP contribution in [-0.2, 0) is 43.8 Å². The summed E-state index contributed by atoms with van der Waals surface area (Å²) in [5.74, 6) is -5.70. The van der Waals surface area contributed by atoms with E-state index in [0.29, 0.717) is 0 Å². The Morgan fingerprint density at radius 1 is 0.810 bits per heavy atom. The van der Waals surface area contributed by atoms with E-state index in [2.05, 4.69) is 0 Å². The molecular formula is C28H22O14. The first-order valence-electron chi connectivity index (χ1n) is 12.4. The molecule has 2 aliphatic rings. The average molecular weight is 582 g/mol. The lowest BCUT2D eigenvalue weighted by atomic mass is 9.85. The van der Waals surface area contributed by atoms with E-state index in [0.717, 1.165) is 40.7 Å². The van der Waals surface area contributed by atoms with Crippen molar-refractivity contribution in [3.8, 4) is 28.7 Å². The van der Waals surface area contributed by atoms with Crippen LogP contribution in [0.2, 0.25) is 0 Å². The Hall–Kier alpha value is -5.40. The molecule has 2 aliphatic heterocycles. The fourth-order valence-corrected chi connectivity index (χ4v) is 4.85. The summed E-state index contributed by atoms with van der Waals surface area (Å²) in [5.41, 5.74) is -1.91. The Balaban J connectivity index is 1.94. The highest BCUT2D eigenvalue weighted by Gasteiger charge is 2.52. The molecule has 0 fully saturated rings. The van der Waals surface area contributed by atoms with E-state index in [4.69, 9.17) is 37.6 Å². The second-order valence-corrected chi connectivity index (χ2v) is 9.34. The van der Waals surface area contributed by atoms with Gasteiger partial charge in [-0.3, -0.25) is 24.0 Å². The topological polar surface area (TPSA) is 180 Å². The molecule has 1 aromatic heterocycles. The summed E-state index contributed by atoms with van der Waals surface area (Å²) < 4.78 is 44.6. The third-order valence-electron chi connectivity index (χ3n) is 6.06. The minimum absolute atomic E-state index is 0.00454. The van der Waals surface area contributed by atoms with Gasteiger partial charge in [0.25, 0.3) is 0 Å². The van der Waals surface area contributed by atoms with Crippen LogP contribution >= 0.6 is 0 Å². The van der Waals surface area contributed by atoms with E-state index < -0.39 is 47.7 Å². The van der Waals surface area contributed by atoms with Crippen molar-refractivity contribution in [3.05, 3.63) is 29.8 Å². The second-order valence-electron chi connectivity index (χ2n) is 9.34. The molecule has 0 radical (unpaired) electrons. The van der Waals surface area contributed by atoms with E-state index in [1.165, 1.54) is 18.2 Å². The van der Waals surface area contributed by atoms with Gasteiger partial charge < -0.3 is 37.6 Å². The van der Waals surface area contributed by atoms with E-state index in [1.807, 2.05) is 0 Å². The predicted molar refractivity (Wildman–Crippen MR) is 137 cm³/mol. The molecule has 14 heteroatoms. The van der Waals surface area contributed by atoms with Gasteiger partial charge in [-0.1, -0.05) is 0 Å². The van der Waals surface area contributed by atoms with Crippen LogP contribution in [-0.4, -0.2) is 42.1 Å². The standard InChI is InChI=1S/C28H22O14/c1-11(29)35-18-8-16-17(9-19(18)36-12(2)30)40-25-22(16)24(38-14(4)32)27-23(26(25)39-15(5)33)28(7-6-20(34)42-28)10-21(41-27)37-13(3)31/h6-9,21H,10H2,1-5H3. The summed E-state index contributed by atoms with van der Waals surface area (Å²) >= 11 is 0. The van der Waals surface area contributed by atoms with Gasteiger partial charge in [-0.05, 0) is 12.1 Å². The lowest BCUT2D eigenvalue weighted by molar-refractivity contribution is -0.178. The molecule has 42 heavy (non-hydrogen) atoms. The molecule has 2 aromatic carbocycles. The molecule has 0 saturated carbocycles. The second kappa shape index (κ2) is 10.2. The number of hydrogen-bond acceptors (Lipinski definition) is 14. The van der Waals surface area contributed by atoms with Crippen LogP contribution in [0.4, 0.5) is 0 Å². The number of benzene rings is 2. The third kappa shape index (κ3) is 4.98. The molecule has 1 spiro atoms. The third-order valence-corrected chi connectivity index (χ3v) is 6.06. The number of hydrogen-bond donors (Lipinski definition) is 0. The summed E-state index contributed by atoms with van der Waals surface area (Å²) in [5, 5.41) is 0.153. The Morgan fingerprint density at radius 3 is 1.95 bits per heavy atom. The number of rotatable bonds is 5. The summed E-state index contributed by atoms with van der Waals surface area (Å²) in [7, 11) is 0. The molecule has 14 nitrogen and oxygen atoms in total. The summed E-state index contributed by atoms with van der Waals surface area (Å²) in [6.07, 6.45) is 0.897. The molecule has 2 unspecified atom stereocenters. The van der Waals surface area contributed by atoms with Crippen molar-refractivity contribution in [2.45, 2.75) is 52.9 Å². The van der Waals surface area contributed by atoms with Crippen LogP contribution in [0.5, 0.6) is 28.7 Å². The number of carbonyl (C=O) groups excluding carboxylic acids is 6. The van der Waals surface area contributed by atoms with Crippen LogP contribution < -0.4 is 23.7 Å². The average Bonchev–Trinajstić information content (AvgIpc) is 3.40. The number of esters is 6. The first-order valence-corrected chi connectivity index (χ1v) is 12.4. The highest BCUT2D eigenvalue weighted by Crippen LogP contribution is 2.59. The fraction of sp³-hybridized carbons (Fsp3) is 0.286. The Bertz CT molecular complexity index is 1760. The highest BCUT2D eigenvalue weighted by molar-refractivity contribution is 6.14. The molecule has 0 N–H and O–H groups in total. The molecule has 5 rings (SSSR count). The van der Waals surface area contributed by atoms with Gasteiger partial charge in [-0.2, -0.15) is 0 Å². The van der Waals surface area contributed by atoms with Gasteiger partial charge in [0, 0.05) is 52.1 Å². The Labute approximate surface area is 235 Å². The van der Waals surface area contributed by atoms with E-state index in [1.54, 1.807) is 0 Å². The lowest BCUT2D eigenvalue weighted by Gasteiger charge is -2.38. The number of fused-ring (bicyclic) bond motifs is 5. The van der Waals surface area contributed by atoms with Gasteiger partial charge in [0.1, 0.15) is 5.58 Å². The molecule has 3 aromatic rings. The van der Waals surface area contributed by atoms with Gasteiger partial charge in [0.15, 0.2) is 39.9 Å². The number of carbonyl (C=O) groups is 6. The number of furan rings is 1. The minimum Gasteiger partial charge on any atom is -0.452 e. The molecule has 0 amide bonds. The van der Waals surface area contributed by atoms with Crippen LogP contribution in [0, 0.1) is 0 Å². The predicted octanol–water partition coefficient (Wildman–Crippen LogP) is 3.27. The summed E-state index contributed by atoms with van der Waals surface area (Å²) in [6, 6.07) is 2.53. The van der Waals surface area contributed by atoms with Crippen molar-refractivity contribution in [2.24, 2.45) is 0 Å².